The van der Waals surface area contributed by atoms with Crippen LogP contribution in [0.25, 0.3) is 11.1 Å². The summed E-state index contributed by atoms with van der Waals surface area (Å²) in [6.45, 7) is 0. The molecule has 0 fully saturated rings. The SMILES string of the molecule is O=CCCc1ccccc1-c1cccnc1. The zero-order valence-electron chi connectivity index (χ0n) is 8.97. The molecule has 0 bridgehead atoms. The smallest absolute Gasteiger partial charge is 0.120 e. The quantitative estimate of drug-likeness (QED) is 0.728. The molecular formula is C14H13NO. The van der Waals surface area contributed by atoms with Gasteiger partial charge in [0.05, 0.1) is 0 Å². The number of hydrogen-bond donors (Lipinski definition) is 0. The first-order valence-electron chi connectivity index (χ1n) is 5.34. The van der Waals surface area contributed by atoms with Gasteiger partial charge < -0.3 is 4.79 Å². The van der Waals surface area contributed by atoms with Crippen molar-refractivity contribution in [3.8, 4) is 11.1 Å². The molecule has 16 heavy (non-hydrogen) atoms. The van der Waals surface area contributed by atoms with Crippen molar-refractivity contribution in [2.24, 2.45) is 0 Å². The van der Waals surface area contributed by atoms with Gasteiger partial charge >= 0.3 is 0 Å². The third-order valence-corrected chi connectivity index (χ3v) is 2.52. The van der Waals surface area contributed by atoms with E-state index in [4.69, 9.17) is 0 Å². The maximum absolute atomic E-state index is 10.4. The molecule has 0 radical (unpaired) electrons. The molecule has 2 heteroatoms. The number of aryl methyl sites for hydroxylation is 1. The molecule has 1 aromatic heterocycles. The Kier molecular flexibility index (Phi) is 3.44. The fourth-order valence-corrected chi connectivity index (χ4v) is 1.76. The third-order valence-electron chi connectivity index (χ3n) is 2.52. The van der Waals surface area contributed by atoms with Crippen molar-refractivity contribution in [2.75, 3.05) is 0 Å². The number of nitrogens with zero attached hydrogens (tertiary/aromatic N) is 1. The molecule has 0 amide bonds. The van der Waals surface area contributed by atoms with Gasteiger partial charge in [0, 0.05) is 24.4 Å². The van der Waals surface area contributed by atoms with Crippen molar-refractivity contribution in [3.63, 3.8) is 0 Å². The first-order chi connectivity index (χ1) is 7.92. The minimum Gasteiger partial charge on any atom is -0.303 e. The average Bonchev–Trinajstić information content (AvgIpc) is 2.38. The van der Waals surface area contributed by atoms with E-state index < -0.39 is 0 Å². The molecule has 0 saturated carbocycles. The summed E-state index contributed by atoms with van der Waals surface area (Å²) in [5, 5.41) is 0. The molecule has 0 aliphatic carbocycles. The van der Waals surface area contributed by atoms with Crippen LogP contribution in [-0.2, 0) is 11.2 Å². The van der Waals surface area contributed by atoms with E-state index in [0.717, 1.165) is 23.8 Å². The first kappa shape index (κ1) is 10.6. The molecule has 1 heterocycles. The molecule has 0 unspecified atom stereocenters. The predicted molar refractivity (Wildman–Crippen MR) is 64.1 cm³/mol. The Balaban J connectivity index is 2.36. The van der Waals surface area contributed by atoms with Crippen molar-refractivity contribution < 1.29 is 4.79 Å². The second kappa shape index (κ2) is 5.21. The molecule has 1 aromatic carbocycles. The van der Waals surface area contributed by atoms with Crippen LogP contribution >= 0.6 is 0 Å². The lowest BCUT2D eigenvalue weighted by atomic mass is 9.98. The van der Waals surface area contributed by atoms with Gasteiger partial charge in [-0.15, -0.1) is 0 Å². The zero-order chi connectivity index (χ0) is 11.2. The zero-order valence-corrected chi connectivity index (χ0v) is 8.97. The highest BCUT2D eigenvalue weighted by molar-refractivity contribution is 5.67. The van der Waals surface area contributed by atoms with Crippen molar-refractivity contribution in [1.82, 2.24) is 4.98 Å². The van der Waals surface area contributed by atoms with E-state index in [1.54, 1.807) is 6.20 Å². The number of carbonyl (C=O) groups is 1. The molecule has 0 aliphatic rings. The lowest BCUT2D eigenvalue weighted by Gasteiger charge is -2.07. The lowest BCUT2D eigenvalue weighted by molar-refractivity contribution is -0.107. The van der Waals surface area contributed by atoms with E-state index >= 15 is 0 Å². The van der Waals surface area contributed by atoms with Gasteiger partial charge in [-0.2, -0.15) is 0 Å². The number of benzene rings is 1. The summed E-state index contributed by atoms with van der Waals surface area (Å²) in [5.74, 6) is 0. The molecule has 2 aromatic rings. The first-order valence-corrected chi connectivity index (χ1v) is 5.34. The Hall–Kier alpha value is -1.96. The predicted octanol–water partition coefficient (Wildman–Crippen LogP) is 2.88. The minimum absolute atomic E-state index is 0.567. The number of rotatable bonds is 4. The molecule has 80 valence electrons. The van der Waals surface area contributed by atoms with E-state index in [-0.39, 0.29) is 0 Å². The van der Waals surface area contributed by atoms with E-state index in [1.165, 1.54) is 5.56 Å². The Morgan fingerprint density at radius 1 is 1.12 bits per heavy atom. The molecule has 0 aliphatic heterocycles. The normalized spacial score (nSPS) is 10.0. The monoisotopic (exact) mass is 211 g/mol. The van der Waals surface area contributed by atoms with Crippen molar-refractivity contribution >= 4 is 6.29 Å². The summed E-state index contributed by atoms with van der Waals surface area (Å²) in [6, 6.07) is 12.1. The standard InChI is InChI=1S/C14H13NO/c16-10-4-7-12-5-1-2-8-14(12)13-6-3-9-15-11-13/h1-3,5-6,8-11H,4,7H2. The Morgan fingerprint density at radius 2 is 2.00 bits per heavy atom. The molecule has 0 saturated heterocycles. The molecule has 0 spiro atoms. The highest BCUT2D eigenvalue weighted by Crippen LogP contribution is 2.23. The van der Waals surface area contributed by atoms with Crippen LogP contribution < -0.4 is 0 Å². The maximum atomic E-state index is 10.4. The van der Waals surface area contributed by atoms with Crippen LogP contribution in [0.1, 0.15) is 12.0 Å². The molecular weight excluding hydrogens is 198 g/mol. The number of aldehydes is 1. The van der Waals surface area contributed by atoms with Gasteiger partial charge in [-0.05, 0) is 23.6 Å². The molecule has 2 rings (SSSR count). The van der Waals surface area contributed by atoms with Gasteiger partial charge in [-0.3, -0.25) is 4.98 Å². The number of hydrogen-bond acceptors (Lipinski definition) is 2. The summed E-state index contributed by atoms with van der Waals surface area (Å²) < 4.78 is 0. The van der Waals surface area contributed by atoms with Gasteiger partial charge in [-0.25, -0.2) is 0 Å². The molecule has 0 atom stereocenters. The van der Waals surface area contributed by atoms with Crippen molar-refractivity contribution in [2.45, 2.75) is 12.8 Å². The van der Waals surface area contributed by atoms with E-state index in [9.17, 15) is 4.79 Å². The highest BCUT2D eigenvalue weighted by Gasteiger charge is 2.03. The van der Waals surface area contributed by atoms with Crippen LogP contribution in [0, 0.1) is 0 Å². The summed E-state index contributed by atoms with van der Waals surface area (Å²) >= 11 is 0. The van der Waals surface area contributed by atoms with E-state index in [0.29, 0.717) is 6.42 Å². The van der Waals surface area contributed by atoms with Crippen LogP contribution in [0.3, 0.4) is 0 Å². The third kappa shape index (κ3) is 2.34. The van der Waals surface area contributed by atoms with Gasteiger partial charge in [0.25, 0.3) is 0 Å². The largest absolute Gasteiger partial charge is 0.303 e. The maximum Gasteiger partial charge on any atom is 0.120 e. The summed E-state index contributed by atoms with van der Waals surface area (Å²) in [7, 11) is 0. The summed E-state index contributed by atoms with van der Waals surface area (Å²) in [4.78, 5) is 14.5. The van der Waals surface area contributed by atoms with Gasteiger partial charge in [0.1, 0.15) is 6.29 Å². The van der Waals surface area contributed by atoms with Crippen LogP contribution in [0.4, 0.5) is 0 Å². The van der Waals surface area contributed by atoms with Crippen molar-refractivity contribution in [3.05, 3.63) is 54.4 Å². The number of pyridine rings is 1. The van der Waals surface area contributed by atoms with Crippen LogP contribution in [0.5, 0.6) is 0 Å². The van der Waals surface area contributed by atoms with Crippen molar-refractivity contribution in [1.29, 1.82) is 0 Å². The van der Waals surface area contributed by atoms with Gasteiger partial charge in [-0.1, -0.05) is 30.3 Å². The summed E-state index contributed by atoms with van der Waals surface area (Å²) in [5.41, 5.74) is 3.46. The number of aromatic nitrogens is 1. The lowest BCUT2D eigenvalue weighted by Crippen LogP contribution is -1.91. The Labute approximate surface area is 95.0 Å². The van der Waals surface area contributed by atoms with Crippen LogP contribution in [-0.4, -0.2) is 11.3 Å². The van der Waals surface area contributed by atoms with E-state index in [1.807, 2.05) is 30.5 Å². The molecule has 0 N–H and O–H groups in total. The van der Waals surface area contributed by atoms with Crippen LogP contribution in [0.15, 0.2) is 48.8 Å². The second-order valence-electron chi connectivity index (χ2n) is 3.60. The second-order valence-corrected chi connectivity index (χ2v) is 3.60. The Bertz CT molecular complexity index is 465. The molecule has 2 nitrogen and oxygen atoms in total. The summed E-state index contributed by atoms with van der Waals surface area (Å²) in [6.07, 6.45) is 5.92. The minimum atomic E-state index is 0.567. The average molecular weight is 211 g/mol. The fourth-order valence-electron chi connectivity index (χ4n) is 1.76. The van der Waals surface area contributed by atoms with Gasteiger partial charge in [0.2, 0.25) is 0 Å². The van der Waals surface area contributed by atoms with Crippen LogP contribution in [0.2, 0.25) is 0 Å². The number of carbonyl (C=O) groups excluding carboxylic acids is 1. The Morgan fingerprint density at radius 3 is 2.75 bits per heavy atom. The topological polar surface area (TPSA) is 30.0 Å². The van der Waals surface area contributed by atoms with Gasteiger partial charge in [0.15, 0.2) is 0 Å². The van der Waals surface area contributed by atoms with E-state index in [2.05, 4.69) is 17.1 Å². The fraction of sp³-hybridized carbons (Fsp3) is 0.143. The highest BCUT2D eigenvalue weighted by atomic mass is 16.1.